The van der Waals surface area contributed by atoms with Gasteiger partial charge in [0.25, 0.3) is 5.91 Å². The zero-order chi connectivity index (χ0) is 18.4. The molecule has 0 aliphatic carbocycles. The lowest BCUT2D eigenvalue weighted by atomic mass is 10.0. The molecule has 0 aromatic heterocycles. The number of aryl methyl sites for hydroxylation is 2. The molecule has 2 aromatic carbocycles. The number of rotatable bonds is 7. The molecule has 0 aliphatic heterocycles. The highest BCUT2D eigenvalue weighted by molar-refractivity contribution is 6.04. The van der Waals surface area contributed by atoms with Gasteiger partial charge in [-0.25, -0.2) is 4.79 Å². The van der Waals surface area contributed by atoms with Crippen molar-refractivity contribution in [1.29, 1.82) is 0 Å². The van der Waals surface area contributed by atoms with Crippen molar-refractivity contribution in [3.8, 4) is 11.5 Å². The van der Waals surface area contributed by atoms with Gasteiger partial charge < -0.3 is 19.9 Å². The molecular weight excluding hydrogens is 322 g/mol. The van der Waals surface area contributed by atoms with Gasteiger partial charge in [0, 0.05) is 11.3 Å². The fraction of sp³-hybridized carbons (Fsp3) is 0.263. The first-order valence-electron chi connectivity index (χ1n) is 7.90. The maximum atomic E-state index is 12.4. The van der Waals surface area contributed by atoms with Crippen molar-refractivity contribution in [1.82, 2.24) is 0 Å². The third-order valence-corrected chi connectivity index (χ3v) is 3.49. The minimum Gasteiger partial charge on any atom is -0.494 e. The SMILES string of the molecule is CCOc1ccc(NC(=O)c2cc(C)c(OCC(=O)O)c(C)c2)cc1. The zero-order valence-electron chi connectivity index (χ0n) is 14.5. The second-order valence-electron chi connectivity index (χ2n) is 5.53. The average molecular weight is 343 g/mol. The van der Waals surface area contributed by atoms with Crippen LogP contribution in [0.25, 0.3) is 0 Å². The molecule has 0 unspecified atom stereocenters. The molecule has 132 valence electrons. The van der Waals surface area contributed by atoms with Gasteiger partial charge in [-0.1, -0.05) is 0 Å². The summed E-state index contributed by atoms with van der Waals surface area (Å²) in [7, 11) is 0. The number of benzene rings is 2. The number of carbonyl (C=O) groups excluding carboxylic acids is 1. The van der Waals surface area contributed by atoms with E-state index in [2.05, 4.69) is 5.32 Å². The van der Waals surface area contributed by atoms with Gasteiger partial charge in [-0.15, -0.1) is 0 Å². The summed E-state index contributed by atoms with van der Waals surface area (Å²) in [6, 6.07) is 10.5. The molecule has 2 N–H and O–H groups in total. The summed E-state index contributed by atoms with van der Waals surface area (Å²) < 4.78 is 10.6. The Labute approximate surface area is 146 Å². The summed E-state index contributed by atoms with van der Waals surface area (Å²) in [5.74, 6) is -0.0663. The van der Waals surface area contributed by atoms with Crippen molar-refractivity contribution < 1.29 is 24.2 Å². The molecule has 1 amide bonds. The predicted octanol–water partition coefficient (Wildman–Crippen LogP) is 3.42. The number of carbonyl (C=O) groups is 2. The van der Waals surface area contributed by atoms with E-state index in [1.54, 1.807) is 50.2 Å². The van der Waals surface area contributed by atoms with Crippen molar-refractivity contribution in [2.45, 2.75) is 20.8 Å². The summed E-state index contributed by atoms with van der Waals surface area (Å²) >= 11 is 0. The molecule has 2 rings (SSSR count). The maximum Gasteiger partial charge on any atom is 0.341 e. The van der Waals surface area contributed by atoms with Crippen LogP contribution in [0.15, 0.2) is 36.4 Å². The average Bonchev–Trinajstić information content (AvgIpc) is 2.55. The quantitative estimate of drug-likeness (QED) is 0.805. The van der Waals surface area contributed by atoms with E-state index in [1.807, 2.05) is 6.92 Å². The molecule has 0 fully saturated rings. The summed E-state index contributed by atoms with van der Waals surface area (Å²) in [5.41, 5.74) is 2.55. The van der Waals surface area contributed by atoms with Crippen LogP contribution >= 0.6 is 0 Å². The molecule has 25 heavy (non-hydrogen) atoms. The Bertz CT molecular complexity index is 745. The van der Waals surface area contributed by atoms with Crippen LogP contribution in [-0.2, 0) is 4.79 Å². The fourth-order valence-electron chi connectivity index (χ4n) is 2.45. The Morgan fingerprint density at radius 3 is 2.16 bits per heavy atom. The van der Waals surface area contributed by atoms with E-state index >= 15 is 0 Å². The molecule has 6 heteroatoms. The largest absolute Gasteiger partial charge is 0.494 e. The van der Waals surface area contributed by atoms with Gasteiger partial charge in [0.15, 0.2) is 6.61 Å². The lowest BCUT2D eigenvalue weighted by molar-refractivity contribution is -0.139. The molecule has 0 heterocycles. The van der Waals surface area contributed by atoms with E-state index in [4.69, 9.17) is 14.6 Å². The molecule has 0 saturated heterocycles. The number of hydrogen-bond acceptors (Lipinski definition) is 4. The van der Waals surface area contributed by atoms with Crippen LogP contribution in [0, 0.1) is 13.8 Å². The van der Waals surface area contributed by atoms with Crippen molar-refractivity contribution in [2.24, 2.45) is 0 Å². The summed E-state index contributed by atoms with van der Waals surface area (Å²) in [6.45, 7) is 5.62. The first-order chi connectivity index (χ1) is 11.9. The number of ether oxygens (including phenoxy) is 2. The molecule has 0 spiro atoms. The van der Waals surface area contributed by atoms with Crippen molar-refractivity contribution in [3.05, 3.63) is 53.1 Å². The highest BCUT2D eigenvalue weighted by Crippen LogP contribution is 2.25. The third-order valence-electron chi connectivity index (χ3n) is 3.49. The van der Waals surface area contributed by atoms with Gasteiger partial charge in [0.1, 0.15) is 11.5 Å². The number of carboxylic acids is 1. The van der Waals surface area contributed by atoms with Crippen molar-refractivity contribution >= 4 is 17.6 Å². The second-order valence-corrected chi connectivity index (χ2v) is 5.53. The Kier molecular flexibility index (Phi) is 6.00. The Balaban J connectivity index is 2.12. The number of hydrogen-bond donors (Lipinski definition) is 2. The molecule has 0 aliphatic rings. The van der Waals surface area contributed by atoms with E-state index < -0.39 is 12.6 Å². The molecular formula is C19H21NO5. The van der Waals surface area contributed by atoms with E-state index in [0.717, 1.165) is 5.75 Å². The predicted molar refractivity (Wildman–Crippen MR) is 94.6 cm³/mol. The summed E-state index contributed by atoms with van der Waals surface area (Å²) in [6.07, 6.45) is 0. The molecule has 0 atom stereocenters. The standard InChI is InChI=1S/C19H21NO5/c1-4-24-16-7-5-15(6-8-16)20-19(23)14-9-12(2)18(13(3)10-14)25-11-17(21)22/h5-10H,4,11H2,1-3H3,(H,20,23)(H,21,22). The van der Waals surface area contributed by atoms with Crippen LogP contribution in [0.5, 0.6) is 11.5 Å². The number of nitrogens with one attached hydrogen (secondary N) is 1. The van der Waals surface area contributed by atoms with Crippen LogP contribution in [0.3, 0.4) is 0 Å². The lowest BCUT2D eigenvalue weighted by Crippen LogP contribution is -2.14. The van der Waals surface area contributed by atoms with Gasteiger partial charge in [0.2, 0.25) is 0 Å². The first kappa shape index (κ1) is 18.3. The zero-order valence-corrected chi connectivity index (χ0v) is 14.5. The van der Waals surface area contributed by atoms with Crippen LogP contribution in [0.4, 0.5) is 5.69 Å². The van der Waals surface area contributed by atoms with Crippen molar-refractivity contribution in [2.75, 3.05) is 18.5 Å². The highest BCUT2D eigenvalue weighted by Gasteiger charge is 2.13. The lowest BCUT2D eigenvalue weighted by Gasteiger charge is -2.13. The number of carboxylic acid groups (broad SMARTS) is 1. The van der Waals surface area contributed by atoms with Gasteiger partial charge in [-0.05, 0) is 68.3 Å². The highest BCUT2D eigenvalue weighted by atomic mass is 16.5. The topological polar surface area (TPSA) is 84.9 Å². The monoisotopic (exact) mass is 343 g/mol. The Morgan fingerprint density at radius 2 is 1.64 bits per heavy atom. The number of anilines is 1. The normalized spacial score (nSPS) is 10.2. The van der Waals surface area contributed by atoms with Crippen LogP contribution in [0.2, 0.25) is 0 Å². The molecule has 0 radical (unpaired) electrons. The van der Waals surface area contributed by atoms with Crippen LogP contribution in [0.1, 0.15) is 28.4 Å². The number of aliphatic carboxylic acids is 1. The van der Waals surface area contributed by atoms with E-state index in [9.17, 15) is 9.59 Å². The van der Waals surface area contributed by atoms with Gasteiger partial charge in [0.05, 0.1) is 6.61 Å². The summed E-state index contributed by atoms with van der Waals surface area (Å²) in [5, 5.41) is 11.5. The smallest absolute Gasteiger partial charge is 0.341 e. The number of amides is 1. The van der Waals surface area contributed by atoms with Crippen LogP contribution < -0.4 is 14.8 Å². The minimum atomic E-state index is -1.05. The maximum absolute atomic E-state index is 12.4. The third kappa shape index (κ3) is 4.97. The fourth-order valence-corrected chi connectivity index (χ4v) is 2.45. The van der Waals surface area contributed by atoms with Gasteiger partial charge in [-0.3, -0.25) is 4.79 Å². The summed E-state index contributed by atoms with van der Waals surface area (Å²) in [4.78, 5) is 23.1. The Morgan fingerprint density at radius 1 is 1.04 bits per heavy atom. The molecule has 2 aromatic rings. The molecule has 0 saturated carbocycles. The van der Waals surface area contributed by atoms with Gasteiger partial charge in [-0.2, -0.15) is 0 Å². The van der Waals surface area contributed by atoms with Crippen molar-refractivity contribution in [3.63, 3.8) is 0 Å². The van der Waals surface area contributed by atoms with E-state index in [-0.39, 0.29) is 5.91 Å². The first-order valence-corrected chi connectivity index (χ1v) is 7.90. The van der Waals surface area contributed by atoms with E-state index in [1.165, 1.54) is 0 Å². The van der Waals surface area contributed by atoms with Crippen LogP contribution in [-0.4, -0.2) is 30.2 Å². The van der Waals surface area contributed by atoms with E-state index in [0.29, 0.717) is 34.7 Å². The minimum absolute atomic E-state index is 0.250. The second kappa shape index (κ2) is 8.19. The Hall–Kier alpha value is -3.02. The molecule has 0 bridgehead atoms. The van der Waals surface area contributed by atoms with Gasteiger partial charge >= 0.3 is 5.97 Å². The molecule has 6 nitrogen and oxygen atoms in total.